The van der Waals surface area contributed by atoms with E-state index in [1.807, 2.05) is 12.1 Å². The van der Waals surface area contributed by atoms with Gasteiger partial charge >= 0.3 is 6.09 Å². The number of carbonyl (C=O) groups excluding carboxylic acids is 1. The van der Waals surface area contributed by atoms with Crippen LogP contribution in [0.1, 0.15) is 67.6 Å². The average molecular weight is 857 g/mol. The Hall–Kier alpha value is -5.35. The van der Waals surface area contributed by atoms with E-state index < -0.39 is 34.6 Å². The number of nitro groups is 1. The molecule has 1 saturated heterocycles. The lowest BCUT2D eigenvalue weighted by Gasteiger charge is -2.59. The Morgan fingerprint density at radius 2 is 1.77 bits per heavy atom. The van der Waals surface area contributed by atoms with E-state index in [-0.39, 0.29) is 62.8 Å². The maximum absolute atomic E-state index is 14.2. The molecule has 332 valence electrons. The Kier molecular flexibility index (Phi) is 14.9. The number of benzene rings is 3. The van der Waals surface area contributed by atoms with Crippen LogP contribution in [0.4, 0.5) is 14.9 Å². The van der Waals surface area contributed by atoms with Crippen LogP contribution in [0, 0.1) is 33.7 Å². The van der Waals surface area contributed by atoms with Crippen molar-refractivity contribution in [2.24, 2.45) is 22.9 Å². The number of halogens is 1. The molecule has 0 spiro atoms. The number of non-ortho nitro benzene ring substituents is 1. The highest BCUT2D eigenvalue weighted by molar-refractivity contribution is 6.03. The molecule has 3 aromatic rings. The van der Waals surface area contributed by atoms with E-state index in [2.05, 4.69) is 23.6 Å². The Labute approximate surface area is 361 Å². The molecule has 1 amide bonds. The summed E-state index contributed by atoms with van der Waals surface area (Å²) in [5, 5.41) is 36.0. The van der Waals surface area contributed by atoms with Crippen molar-refractivity contribution < 1.29 is 48.1 Å². The molecule has 14 nitrogen and oxygen atoms in total. The molecule has 7 rings (SSSR count). The maximum atomic E-state index is 14.2. The summed E-state index contributed by atoms with van der Waals surface area (Å²) in [5.41, 5.74) is 3.62. The third kappa shape index (κ3) is 10.1. The van der Waals surface area contributed by atoms with E-state index in [0.29, 0.717) is 47.8 Å². The Morgan fingerprint density at radius 1 is 1.05 bits per heavy atom. The number of allylic oxidation sites excluding steroid dienone is 1. The minimum atomic E-state index is -1.53. The fraction of sp³-hybridized carbons (Fsp3) is 0.489. The molecule has 1 saturated carbocycles. The molecule has 2 heterocycles. The number of hydrogen-bond acceptors (Lipinski definition) is 12. The number of carbonyl (C=O) groups is 1. The van der Waals surface area contributed by atoms with E-state index in [0.717, 1.165) is 56.5 Å². The summed E-state index contributed by atoms with van der Waals surface area (Å²) in [6.45, 7) is 7.69. The number of aliphatic hydroxyl groups excluding tert-OH is 2. The summed E-state index contributed by atoms with van der Waals surface area (Å²) in [7, 11) is 1.31. The average Bonchev–Trinajstić information content (AvgIpc) is 4.11. The minimum absolute atomic E-state index is 0.000812. The summed E-state index contributed by atoms with van der Waals surface area (Å²) in [5.74, 6) is -1.49. The number of rotatable bonds is 22. The second-order valence-electron chi connectivity index (χ2n) is 16.4. The lowest BCUT2D eigenvalue weighted by molar-refractivity contribution is -0.384. The molecule has 6 atom stereocenters. The highest BCUT2D eigenvalue weighted by atomic mass is 19.1. The van der Waals surface area contributed by atoms with Gasteiger partial charge in [-0.05, 0) is 96.7 Å². The second-order valence-corrected chi connectivity index (χ2v) is 16.4. The largest absolute Gasteiger partial charge is 0.492 e. The predicted octanol–water partition coefficient (Wildman–Crippen LogP) is 7.53. The molecule has 2 aliphatic heterocycles. The summed E-state index contributed by atoms with van der Waals surface area (Å²) >= 11 is 0. The van der Waals surface area contributed by atoms with Crippen LogP contribution in [0.5, 0.6) is 11.5 Å². The van der Waals surface area contributed by atoms with Crippen LogP contribution in [0.2, 0.25) is 0 Å². The van der Waals surface area contributed by atoms with Gasteiger partial charge < -0.3 is 34.0 Å². The molecule has 15 heteroatoms. The standard InChI is InChI=1S/C47H57FN4O10/c1-3-25-60-47-43(51(46(55)58-2)30-32-10-14-35(48)15-11-32)29-41(49-61-31-33-12-16-36(17-13-33)52(56)57)39-27-34(8-4-6-23-53)38(9-5-7-24-54)44(45(39)47)40-28-37(18-19-42(40)62-47)59-26-22-50-20-21-50/h3,10-19,27-28,34,38,43-45,53-54H,1,4-9,20-26,29-31H2,2H3. The van der Waals surface area contributed by atoms with Gasteiger partial charge in [-0.15, -0.1) is 6.58 Å². The van der Waals surface area contributed by atoms with E-state index in [4.69, 9.17) is 28.9 Å². The quantitative estimate of drug-likeness (QED) is 0.0337. The van der Waals surface area contributed by atoms with Gasteiger partial charge in [0.2, 0.25) is 5.79 Å². The van der Waals surface area contributed by atoms with Gasteiger partial charge in [0.05, 0.1) is 30.3 Å². The van der Waals surface area contributed by atoms with Crippen LogP contribution in [0.15, 0.2) is 96.2 Å². The molecule has 0 bridgehead atoms. The topological polar surface area (TPSA) is 165 Å². The van der Waals surface area contributed by atoms with Crippen molar-refractivity contribution in [3.05, 3.63) is 124 Å². The Bertz CT molecular complexity index is 2080. The number of aliphatic hydroxyl groups is 2. The molecule has 2 aliphatic carbocycles. The number of oxime groups is 1. The highest BCUT2D eigenvalue weighted by Crippen LogP contribution is 2.62. The first-order valence-electron chi connectivity index (χ1n) is 21.6. The fourth-order valence-corrected chi connectivity index (χ4v) is 9.43. The number of amides is 1. The van der Waals surface area contributed by atoms with Crippen molar-refractivity contribution in [1.82, 2.24) is 9.80 Å². The van der Waals surface area contributed by atoms with Crippen LogP contribution in [-0.4, -0.2) is 102 Å². The van der Waals surface area contributed by atoms with E-state index >= 15 is 0 Å². The van der Waals surface area contributed by atoms with E-state index in [1.165, 1.54) is 31.4 Å². The van der Waals surface area contributed by atoms with Crippen molar-refractivity contribution in [2.45, 2.75) is 75.8 Å². The van der Waals surface area contributed by atoms with Gasteiger partial charge in [0.1, 0.15) is 36.6 Å². The molecule has 62 heavy (non-hydrogen) atoms. The number of methoxy groups -OCH3 is 1. The van der Waals surface area contributed by atoms with Crippen molar-refractivity contribution in [3.8, 4) is 11.5 Å². The maximum Gasteiger partial charge on any atom is 0.410 e. The van der Waals surface area contributed by atoms with Gasteiger partial charge in [-0.25, -0.2) is 9.18 Å². The summed E-state index contributed by atoms with van der Waals surface area (Å²) in [6, 6.07) is 17.0. The first kappa shape index (κ1) is 44.7. The molecule has 4 aliphatic rings. The van der Waals surface area contributed by atoms with Gasteiger partial charge in [-0.2, -0.15) is 0 Å². The second kappa shape index (κ2) is 20.7. The zero-order valence-electron chi connectivity index (χ0n) is 35.2. The highest BCUT2D eigenvalue weighted by Gasteiger charge is 2.65. The third-order valence-electron chi connectivity index (χ3n) is 12.5. The summed E-state index contributed by atoms with van der Waals surface area (Å²) in [6.07, 6.45) is 7.68. The van der Waals surface area contributed by atoms with E-state index in [9.17, 15) is 29.5 Å². The molecule has 6 unspecified atom stereocenters. The third-order valence-corrected chi connectivity index (χ3v) is 12.5. The van der Waals surface area contributed by atoms with Crippen molar-refractivity contribution in [1.29, 1.82) is 0 Å². The SMILES string of the molecule is C=CCOC12Oc3ccc(OCCN4CC4)cc3C3C(CCCCO)C(CCCCO)C=C(C(=NOCc4ccc([N+](=O)[O-])cc4)CC1N(Cc1ccc(F)cc1)C(=O)OC)C32. The Balaban J connectivity index is 1.40. The molecule has 2 fully saturated rings. The number of ether oxygens (including phenoxy) is 4. The van der Waals surface area contributed by atoms with Gasteiger partial charge in [0.25, 0.3) is 5.69 Å². The monoisotopic (exact) mass is 856 g/mol. The number of nitrogens with zero attached hydrogens (tertiary/aromatic N) is 4. The molecule has 3 aromatic carbocycles. The van der Waals surface area contributed by atoms with Gasteiger partial charge in [0, 0.05) is 69.4 Å². The normalized spacial score (nSPS) is 24.2. The molecular formula is C47H57FN4O10. The Morgan fingerprint density at radius 3 is 2.45 bits per heavy atom. The van der Waals surface area contributed by atoms with Crippen molar-refractivity contribution in [3.63, 3.8) is 0 Å². The predicted molar refractivity (Wildman–Crippen MR) is 229 cm³/mol. The number of unbranched alkanes of at least 4 members (excludes halogenated alkanes) is 2. The number of hydrogen-bond donors (Lipinski definition) is 2. The van der Waals surface area contributed by atoms with E-state index in [1.54, 1.807) is 35.2 Å². The van der Waals surface area contributed by atoms with Crippen LogP contribution >= 0.6 is 0 Å². The van der Waals surface area contributed by atoms with Gasteiger partial charge in [-0.3, -0.25) is 19.9 Å². The molecular weight excluding hydrogens is 800 g/mol. The van der Waals surface area contributed by atoms with Gasteiger partial charge in [0.15, 0.2) is 0 Å². The molecule has 0 aromatic heterocycles. The summed E-state index contributed by atoms with van der Waals surface area (Å²) < 4.78 is 40.3. The van der Waals surface area contributed by atoms with Crippen LogP contribution in [0.25, 0.3) is 0 Å². The number of fused-ring (bicyclic) bond motifs is 2. The van der Waals surface area contributed by atoms with Crippen molar-refractivity contribution in [2.75, 3.05) is 53.2 Å². The van der Waals surface area contributed by atoms with Crippen LogP contribution < -0.4 is 9.47 Å². The van der Waals surface area contributed by atoms with Crippen LogP contribution in [0.3, 0.4) is 0 Å². The molecule has 2 N–H and O–H groups in total. The molecule has 0 radical (unpaired) electrons. The number of nitro benzene ring substituents is 1. The first-order chi connectivity index (χ1) is 30.2. The fourth-order valence-electron chi connectivity index (χ4n) is 9.43. The van der Waals surface area contributed by atoms with Gasteiger partial charge in [-0.1, -0.05) is 42.3 Å². The minimum Gasteiger partial charge on any atom is -0.492 e. The lowest BCUT2D eigenvalue weighted by Crippen LogP contribution is -2.70. The first-order valence-corrected chi connectivity index (χ1v) is 21.6. The van der Waals surface area contributed by atoms with Crippen molar-refractivity contribution >= 4 is 17.5 Å². The smallest absolute Gasteiger partial charge is 0.410 e. The zero-order chi connectivity index (χ0) is 43.6. The lowest BCUT2D eigenvalue weighted by atomic mass is 9.55. The zero-order valence-corrected chi connectivity index (χ0v) is 35.2. The summed E-state index contributed by atoms with van der Waals surface area (Å²) in [4.78, 5) is 35.0. The van der Waals surface area contributed by atoms with Crippen LogP contribution in [-0.2, 0) is 27.5 Å².